The van der Waals surface area contributed by atoms with Crippen molar-refractivity contribution in [3.8, 4) is 0 Å². The topological polar surface area (TPSA) is 46.3 Å². The van der Waals surface area contributed by atoms with Crippen molar-refractivity contribution in [2.24, 2.45) is 0 Å². The van der Waals surface area contributed by atoms with E-state index in [2.05, 4.69) is 0 Å². The minimum Gasteiger partial charge on any atom is -0.399 e. The van der Waals surface area contributed by atoms with E-state index in [1.807, 2.05) is 12.1 Å². The number of hydrogen-bond acceptors (Lipinski definition) is 3. The van der Waals surface area contributed by atoms with Crippen molar-refractivity contribution >= 4 is 46.1 Å². The van der Waals surface area contributed by atoms with E-state index in [-0.39, 0.29) is 5.91 Å². The van der Waals surface area contributed by atoms with Crippen molar-refractivity contribution in [2.45, 2.75) is 6.54 Å². The lowest BCUT2D eigenvalue weighted by Crippen LogP contribution is -2.26. The fourth-order valence-electron chi connectivity index (χ4n) is 1.65. The molecule has 0 radical (unpaired) electrons. The number of amides is 1. The minimum absolute atomic E-state index is 0.144. The fourth-order valence-corrected chi connectivity index (χ4v) is 3.06. The maximum atomic E-state index is 12.3. The van der Waals surface area contributed by atoms with Crippen LogP contribution >= 0.6 is 34.5 Å². The van der Waals surface area contributed by atoms with Crippen LogP contribution in [0.2, 0.25) is 9.36 Å². The van der Waals surface area contributed by atoms with Gasteiger partial charge in [0.05, 0.1) is 21.5 Å². The van der Waals surface area contributed by atoms with Gasteiger partial charge in [0.1, 0.15) is 0 Å². The molecule has 0 atom stereocenters. The first-order chi connectivity index (χ1) is 8.97. The third-order valence-corrected chi connectivity index (χ3v) is 4.12. The Labute approximate surface area is 125 Å². The highest BCUT2D eigenvalue weighted by atomic mass is 35.5. The second-order valence-corrected chi connectivity index (χ2v) is 6.31. The molecule has 19 heavy (non-hydrogen) atoms. The highest BCUT2D eigenvalue weighted by Crippen LogP contribution is 2.24. The van der Waals surface area contributed by atoms with Crippen LogP contribution in [0.4, 0.5) is 5.69 Å². The molecular formula is C13H12Cl2N2OS. The summed E-state index contributed by atoms with van der Waals surface area (Å²) in [5.41, 5.74) is 6.59. The predicted molar refractivity (Wildman–Crippen MR) is 81.0 cm³/mol. The van der Waals surface area contributed by atoms with Gasteiger partial charge in [0.2, 0.25) is 0 Å². The Morgan fingerprint density at radius 3 is 2.63 bits per heavy atom. The summed E-state index contributed by atoms with van der Waals surface area (Å²) in [4.78, 5) is 14.9. The Hall–Kier alpha value is -1.23. The molecule has 1 amide bonds. The van der Waals surface area contributed by atoms with E-state index in [1.54, 1.807) is 30.1 Å². The second-order valence-electron chi connectivity index (χ2n) is 4.11. The lowest BCUT2D eigenvalue weighted by Gasteiger charge is -2.17. The van der Waals surface area contributed by atoms with Crippen LogP contribution < -0.4 is 5.73 Å². The number of rotatable bonds is 3. The van der Waals surface area contributed by atoms with E-state index in [1.165, 1.54) is 11.3 Å². The lowest BCUT2D eigenvalue weighted by molar-refractivity contribution is 0.0786. The van der Waals surface area contributed by atoms with Crippen LogP contribution in [-0.4, -0.2) is 17.9 Å². The normalized spacial score (nSPS) is 10.5. The standard InChI is InChI=1S/C13H12Cl2N2OS/c1-17(7-9-3-5-12(15)19-9)13(18)10-4-2-8(16)6-11(10)14/h2-6H,7,16H2,1H3. The highest BCUT2D eigenvalue weighted by molar-refractivity contribution is 7.16. The van der Waals surface area contributed by atoms with Gasteiger partial charge in [0, 0.05) is 17.6 Å². The van der Waals surface area contributed by atoms with Crippen molar-refractivity contribution in [3.63, 3.8) is 0 Å². The number of nitrogens with two attached hydrogens (primary N) is 1. The van der Waals surface area contributed by atoms with E-state index < -0.39 is 0 Å². The summed E-state index contributed by atoms with van der Waals surface area (Å²) in [6.07, 6.45) is 0. The molecule has 0 aliphatic rings. The number of carbonyl (C=O) groups excluding carboxylic acids is 1. The Kier molecular flexibility index (Phi) is 4.34. The highest BCUT2D eigenvalue weighted by Gasteiger charge is 2.16. The van der Waals surface area contributed by atoms with Gasteiger partial charge in [-0.15, -0.1) is 11.3 Å². The fraction of sp³-hybridized carbons (Fsp3) is 0.154. The monoisotopic (exact) mass is 314 g/mol. The molecule has 0 unspecified atom stereocenters. The van der Waals surface area contributed by atoms with Gasteiger partial charge in [0.25, 0.3) is 5.91 Å². The van der Waals surface area contributed by atoms with Crippen LogP contribution in [0.5, 0.6) is 0 Å². The number of nitrogen functional groups attached to an aromatic ring is 1. The Morgan fingerprint density at radius 1 is 1.32 bits per heavy atom. The van der Waals surface area contributed by atoms with E-state index in [9.17, 15) is 4.79 Å². The van der Waals surface area contributed by atoms with Crippen LogP contribution in [0.1, 0.15) is 15.2 Å². The molecule has 6 heteroatoms. The Morgan fingerprint density at radius 2 is 2.05 bits per heavy atom. The predicted octanol–water partition coefficient (Wildman–Crippen LogP) is 3.91. The molecule has 2 aromatic rings. The largest absolute Gasteiger partial charge is 0.399 e. The third-order valence-electron chi connectivity index (χ3n) is 2.59. The van der Waals surface area contributed by atoms with Crippen molar-refractivity contribution in [1.82, 2.24) is 4.90 Å². The molecule has 0 spiro atoms. The number of thiophene rings is 1. The molecule has 2 N–H and O–H groups in total. The molecule has 1 aromatic heterocycles. The zero-order chi connectivity index (χ0) is 14.0. The summed E-state index contributed by atoms with van der Waals surface area (Å²) >= 11 is 13.3. The van der Waals surface area contributed by atoms with Gasteiger partial charge in [-0.3, -0.25) is 4.79 Å². The maximum Gasteiger partial charge on any atom is 0.255 e. The first kappa shape index (κ1) is 14.2. The molecule has 2 rings (SSSR count). The summed E-state index contributed by atoms with van der Waals surface area (Å²) < 4.78 is 0.710. The van der Waals surface area contributed by atoms with Gasteiger partial charge in [-0.1, -0.05) is 23.2 Å². The molecule has 3 nitrogen and oxygen atoms in total. The van der Waals surface area contributed by atoms with Crippen molar-refractivity contribution in [2.75, 3.05) is 12.8 Å². The summed E-state index contributed by atoms with van der Waals surface area (Å²) in [6, 6.07) is 8.59. The average Bonchev–Trinajstić information content (AvgIpc) is 2.74. The smallest absolute Gasteiger partial charge is 0.255 e. The van der Waals surface area contributed by atoms with Crippen LogP contribution in [0.15, 0.2) is 30.3 Å². The van der Waals surface area contributed by atoms with Crippen LogP contribution in [0, 0.1) is 0 Å². The molecule has 0 saturated carbocycles. The maximum absolute atomic E-state index is 12.3. The first-order valence-corrected chi connectivity index (χ1v) is 7.09. The van der Waals surface area contributed by atoms with E-state index >= 15 is 0 Å². The van der Waals surface area contributed by atoms with Crippen LogP contribution in [-0.2, 0) is 6.54 Å². The van der Waals surface area contributed by atoms with Crippen LogP contribution in [0.3, 0.4) is 0 Å². The molecule has 0 bridgehead atoms. The quantitative estimate of drug-likeness (QED) is 0.873. The molecule has 1 heterocycles. The van der Waals surface area contributed by atoms with E-state index in [4.69, 9.17) is 28.9 Å². The molecule has 1 aromatic carbocycles. The van der Waals surface area contributed by atoms with Crippen LogP contribution in [0.25, 0.3) is 0 Å². The van der Waals surface area contributed by atoms with E-state index in [0.717, 1.165) is 4.88 Å². The zero-order valence-electron chi connectivity index (χ0n) is 10.2. The van der Waals surface area contributed by atoms with Crippen molar-refractivity contribution < 1.29 is 4.79 Å². The molecule has 0 saturated heterocycles. The summed E-state index contributed by atoms with van der Waals surface area (Å²) in [7, 11) is 1.72. The molecule has 100 valence electrons. The summed E-state index contributed by atoms with van der Waals surface area (Å²) in [5.74, 6) is -0.144. The summed E-state index contributed by atoms with van der Waals surface area (Å²) in [6.45, 7) is 0.497. The number of hydrogen-bond donors (Lipinski definition) is 1. The first-order valence-electron chi connectivity index (χ1n) is 5.52. The molecular weight excluding hydrogens is 303 g/mol. The number of anilines is 1. The number of benzene rings is 1. The Balaban J connectivity index is 2.14. The van der Waals surface area contributed by atoms with Crippen molar-refractivity contribution in [3.05, 3.63) is 50.1 Å². The summed E-state index contributed by atoms with van der Waals surface area (Å²) in [5, 5.41) is 0.362. The number of carbonyl (C=O) groups is 1. The molecule has 0 aliphatic heterocycles. The van der Waals surface area contributed by atoms with Crippen molar-refractivity contribution in [1.29, 1.82) is 0 Å². The average molecular weight is 315 g/mol. The van der Waals surface area contributed by atoms with Gasteiger partial charge in [0.15, 0.2) is 0 Å². The van der Waals surface area contributed by atoms with E-state index in [0.29, 0.717) is 27.2 Å². The van der Waals surface area contributed by atoms with Gasteiger partial charge < -0.3 is 10.6 Å². The SMILES string of the molecule is CN(Cc1ccc(Cl)s1)C(=O)c1ccc(N)cc1Cl. The van der Waals surface area contributed by atoms with Gasteiger partial charge in [-0.2, -0.15) is 0 Å². The van der Waals surface area contributed by atoms with Gasteiger partial charge in [-0.05, 0) is 30.3 Å². The Bertz CT molecular complexity index is 612. The minimum atomic E-state index is -0.144. The van der Waals surface area contributed by atoms with Gasteiger partial charge >= 0.3 is 0 Å². The molecule has 0 fully saturated rings. The van der Waals surface area contributed by atoms with Gasteiger partial charge in [-0.25, -0.2) is 0 Å². The lowest BCUT2D eigenvalue weighted by atomic mass is 10.2. The number of nitrogens with zero attached hydrogens (tertiary/aromatic N) is 1. The molecule has 0 aliphatic carbocycles. The number of halogens is 2. The third kappa shape index (κ3) is 3.41. The second kappa shape index (κ2) is 5.82. The zero-order valence-corrected chi connectivity index (χ0v) is 12.5.